The molecule has 0 spiro atoms. The van der Waals surface area contributed by atoms with Gasteiger partial charge in [0, 0.05) is 19.4 Å². The maximum atomic E-state index is 11.2. The normalized spacial score (nSPS) is 12.4. The summed E-state index contributed by atoms with van der Waals surface area (Å²) in [4.78, 5) is 22.5. The Hall–Kier alpha value is -1.18. The lowest BCUT2D eigenvalue weighted by molar-refractivity contribution is -0.146. The Morgan fingerprint density at radius 3 is 1.59 bits per heavy atom. The quantitative estimate of drug-likeness (QED) is 0.195. The lowest BCUT2D eigenvalue weighted by Gasteiger charge is -2.20. The molecule has 0 heterocycles. The van der Waals surface area contributed by atoms with Gasteiger partial charge in [0.05, 0.1) is 25.9 Å². The van der Waals surface area contributed by atoms with Gasteiger partial charge in [-0.2, -0.15) is 0 Å². The Morgan fingerprint density at radius 1 is 0.688 bits per heavy atom. The number of hydrogen-bond donors (Lipinski definition) is 2. The second-order valence-corrected chi connectivity index (χ2v) is 7.98. The number of unbranched alkanes of at least 4 members (excludes halogenated alkanes) is 6. The van der Waals surface area contributed by atoms with Crippen molar-refractivity contribution in [1.82, 2.24) is 0 Å². The molecule has 0 aliphatic rings. The molecule has 0 aromatic heterocycles. The largest absolute Gasteiger partial charge is 0.466 e. The van der Waals surface area contributed by atoms with Crippen LogP contribution in [0.25, 0.3) is 0 Å². The number of carbonyl (C=O) groups excluding carboxylic acids is 2. The third-order valence-corrected chi connectivity index (χ3v) is 4.88. The molecule has 0 radical (unpaired) electrons. The molecule has 0 aromatic carbocycles. The van der Waals surface area contributed by atoms with E-state index in [2.05, 4.69) is 20.8 Å². The molecule has 7 nitrogen and oxygen atoms in total. The van der Waals surface area contributed by atoms with Gasteiger partial charge in [0.1, 0.15) is 6.10 Å². The predicted octanol–water partition coefficient (Wildman–Crippen LogP) is 4.95. The van der Waals surface area contributed by atoms with Crippen LogP contribution in [-0.2, 0) is 23.8 Å². The van der Waals surface area contributed by atoms with Crippen LogP contribution < -0.4 is 0 Å². The van der Waals surface area contributed by atoms with Crippen molar-refractivity contribution in [2.75, 3.05) is 26.4 Å². The first-order valence-corrected chi connectivity index (χ1v) is 12.7. The maximum absolute atomic E-state index is 11.2. The van der Waals surface area contributed by atoms with Gasteiger partial charge < -0.3 is 24.4 Å². The summed E-state index contributed by atoms with van der Waals surface area (Å²) in [5.41, 5.74) is 0. The van der Waals surface area contributed by atoms with Crippen molar-refractivity contribution in [2.45, 2.75) is 123 Å². The van der Waals surface area contributed by atoms with Crippen LogP contribution in [0.3, 0.4) is 0 Å². The van der Waals surface area contributed by atoms with E-state index >= 15 is 0 Å². The number of ether oxygens (including phenoxy) is 3. The highest BCUT2D eigenvalue weighted by Crippen LogP contribution is 2.07. The summed E-state index contributed by atoms with van der Waals surface area (Å²) in [6.07, 6.45) is 10.5. The minimum absolute atomic E-state index is 0.164. The Morgan fingerprint density at radius 2 is 1.19 bits per heavy atom. The van der Waals surface area contributed by atoms with E-state index in [0.717, 1.165) is 38.5 Å². The van der Waals surface area contributed by atoms with Crippen LogP contribution in [-0.4, -0.2) is 60.8 Å². The molecule has 0 aromatic rings. The molecule has 0 aliphatic carbocycles. The number of rotatable bonds is 20. The molecule has 0 aliphatic heterocycles. The molecule has 0 bridgehead atoms. The van der Waals surface area contributed by atoms with Crippen LogP contribution in [0, 0.1) is 0 Å². The van der Waals surface area contributed by atoms with Crippen molar-refractivity contribution in [3.8, 4) is 0 Å². The Balaban J connectivity index is 0. The number of aliphatic hydroxyl groups excluding tert-OH is 2. The smallest absolute Gasteiger partial charge is 0.305 e. The molecule has 2 atom stereocenters. The monoisotopic (exact) mass is 462 g/mol. The van der Waals surface area contributed by atoms with Crippen LogP contribution in [0.2, 0.25) is 0 Å². The SMILES string of the molecule is CCCCCCOC(CC)C(O)CO.CCCCOC(=O)CCCCC(=O)OCCCC. The average Bonchev–Trinajstić information content (AvgIpc) is 2.79. The molecule has 0 amide bonds. The summed E-state index contributed by atoms with van der Waals surface area (Å²) < 4.78 is 15.5. The fourth-order valence-electron chi connectivity index (χ4n) is 2.73. The minimum atomic E-state index is -0.730. The third kappa shape index (κ3) is 23.5. The van der Waals surface area contributed by atoms with Crippen molar-refractivity contribution in [3.05, 3.63) is 0 Å². The first-order valence-electron chi connectivity index (χ1n) is 12.7. The second kappa shape index (κ2) is 26.1. The minimum Gasteiger partial charge on any atom is -0.466 e. The average molecular weight is 463 g/mol. The van der Waals surface area contributed by atoms with E-state index in [1.807, 2.05) is 6.92 Å². The molecule has 7 heteroatoms. The van der Waals surface area contributed by atoms with Crippen molar-refractivity contribution in [3.63, 3.8) is 0 Å². The summed E-state index contributed by atoms with van der Waals surface area (Å²) in [5.74, 6) is -0.328. The lowest BCUT2D eigenvalue weighted by Crippen LogP contribution is -2.31. The summed E-state index contributed by atoms with van der Waals surface area (Å²) in [5, 5.41) is 18.1. The van der Waals surface area contributed by atoms with E-state index < -0.39 is 6.10 Å². The van der Waals surface area contributed by atoms with E-state index in [1.54, 1.807) is 0 Å². The third-order valence-electron chi connectivity index (χ3n) is 4.88. The van der Waals surface area contributed by atoms with Crippen molar-refractivity contribution < 1.29 is 34.0 Å². The Kier molecular flexibility index (Phi) is 26.9. The molecule has 2 N–H and O–H groups in total. The van der Waals surface area contributed by atoms with Gasteiger partial charge in [0.15, 0.2) is 0 Å². The first-order chi connectivity index (χ1) is 15.5. The fraction of sp³-hybridized carbons (Fsp3) is 0.920. The molecule has 192 valence electrons. The zero-order chi connectivity index (χ0) is 24.5. The van der Waals surface area contributed by atoms with Gasteiger partial charge in [-0.1, -0.05) is 59.8 Å². The molecule has 2 unspecified atom stereocenters. The van der Waals surface area contributed by atoms with Gasteiger partial charge in [-0.3, -0.25) is 9.59 Å². The van der Waals surface area contributed by atoms with Gasteiger partial charge >= 0.3 is 11.9 Å². The highest BCUT2D eigenvalue weighted by Gasteiger charge is 2.16. The number of carbonyl (C=O) groups is 2. The van der Waals surface area contributed by atoms with E-state index in [9.17, 15) is 14.7 Å². The summed E-state index contributed by atoms with van der Waals surface area (Å²) in [7, 11) is 0. The van der Waals surface area contributed by atoms with Crippen molar-refractivity contribution >= 4 is 11.9 Å². The number of esters is 2. The zero-order valence-electron chi connectivity index (χ0n) is 21.1. The molecule has 0 saturated carbocycles. The highest BCUT2D eigenvalue weighted by molar-refractivity contribution is 5.70. The van der Waals surface area contributed by atoms with Crippen LogP contribution in [0.15, 0.2) is 0 Å². The molecular formula is C25H50O7. The van der Waals surface area contributed by atoms with Crippen LogP contribution >= 0.6 is 0 Å². The van der Waals surface area contributed by atoms with E-state index in [1.165, 1.54) is 19.3 Å². The van der Waals surface area contributed by atoms with Crippen LogP contribution in [0.5, 0.6) is 0 Å². The van der Waals surface area contributed by atoms with E-state index in [0.29, 0.717) is 45.5 Å². The second-order valence-electron chi connectivity index (χ2n) is 7.98. The summed E-state index contributed by atoms with van der Waals surface area (Å²) in [6.45, 7) is 9.72. The van der Waals surface area contributed by atoms with E-state index in [-0.39, 0.29) is 24.6 Å². The standard InChI is InChI=1S/C14H26O4.C11H24O3/c1-3-5-11-17-13(15)9-7-8-10-14(16)18-12-6-4-2;1-3-5-6-7-8-14-11(4-2)10(13)9-12/h3-12H2,1-2H3;10-13H,3-9H2,1-2H3. The van der Waals surface area contributed by atoms with Crippen LogP contribution in [0.1, 0.15) is 111 Å². The lowest BCUT2D eigenvalue weighted by atomic mass is 10.1. The highest BCUT2D eigenvalue weighted by atomic mass is 16.5. The summed E-state index contributed by atoms with van der Waals surface area (Å²) in [6, 6.07) is 0. The van der Waals surface area contributed by atoms with Gasteiger partial charge in [0.2, 0.25) is 0 Å². The Bertz CT molecular complexity index is 391. The van der Waals surface area contributed by atoms with Gasteiger partial charge in [-0.05, 0) is 38.5 Å². The number of hydrogen-bond acceptors (Lipinski definition) is 7. The zero-order valence-corrected chi connectivity index (χ0v) is 21.1. The molecular weight excluding hydrogens is 412 g/mol. The fourth-order valence-corrected chi connectivity index (χ4v) is 2.73. The molecule has 0 saturated heterocycles. The van der Waals surface area contributed by atoms with Crippen molar-refractivity contribution in [1.29, 1.82) is 0 Å². The van der Waals surface area contributed by atoms with E-state index in [4.69, 9.17) is 19.3 Å². The van der Waals surface area contributed by atoms with Gasteiger partial charge in [-0.25, -0.2) is 0 Å². The first kappa shape index (κ1) is 33.0. The van der Waals surface area contributed by atoms with Gasteiger partial charge in [0.25, 0.3) is 0 Å². The van der Waals surface area contributed by atoms with Gasteiger partial charge in [-0.15, -0.1) is 0 Å². The topological polar surface area (TPSA) is 102 Å². The van der Waals surface area contributed by atoms with Crippen molar-refractivity contribution in [2.24, 2.45) is 0 Å². The molecule has 0 fully saturated rings. The maximum Gasteiger partial charge on any atom is 0.305 e. The molecule has 32 heavy (non-hydrogen) atoms. The number of aliphatic hydroxyl groups is 2. The predicted molar refractivity (Wildman–Crippen MR) is 127 cm³/mol. The Labute approximate surface area is 196 Å². The molecule has 0 rings (SSSR count). The summed E-state index contributed by atoms with van der Waals surface area (Å²) >= 11 is 0. The van der Waals surface area contributed by atoms with Crippen LogP contribution in [0.4, 0.5) is 0 Å².